The number of amides is 1. The normalized spacial score (nSPS) is 13.2. The summed E-state index contributed by atoms with van der Waals surface area (Å²) in [5.74, 6) is 1.14. The van der Waals surface area contributed by atoms with Gasteiger partial charge in [0.25, 0.3) is 5.91 Å². The highest BCUT2D eigenvalue weighted by molar-refractivity contribution is 6.04. The quantitative estimate of drug-likeness (QED) is 0.665. The van der Waals surface area contributed by atoms with Crippen molar-refractivity contribution < 1.29 is 18.8 Å². The topological polar surface area (TPSA) is 81.4 Å². The lowest BCUT2D eigenvalue weighted by Gasteiger charge is -2.04. The first-order valence-corrected chi connectivity index (χ1v) is 8.71. The highest BCUT2D eigenvalue weighted by Crippen LogP contribution is 2.32. The van der Waals surface area contributed by atoms with E-state index in [1.807, 2.05) is 18.2 Å². The number of hydrogen-bond acceptors (Lipinski definition) is 5. The van der Waals surface area contributed by atoms with E-state index in [1.54, 1.807) is 43.5 Å². The molecule has 0 unspecified atom stereocenters. The number of nitrogens with one attached hydrogen (secondary N) is 1. The van der Waals surface area contributed by atoms with Gasteiger partial charge in [0.2, 0.25) is 0 Å². The smallest absolute Gasteiger partial charge is 0.277 e. The summed E-state index contributed by atoms with van der Waals surface area (Å²) in [5, 5.41) is 6.60. The van der Waals surface area contributed by atoms with Crippen LogP contribution in [0.1, 0.15) is 33.7 Å². The Morgan fingerprint density at radius 1 is 1.11 bits per heavy atom. The Labute approximate surface area is 156 Å². The van der Waals surface area contributed by atoms with Crippen molar-refractivity contribution in [3.8, 4) is 17.1 Å². The lowest BCUT2D eigenvalue weighted by Crippen LogP contribution is -2.12. The molecular weight excluding hydrogens is 344 g/mol. The first kappa shape index (κ1) is 17.0. The van der Waals surface area contributed by atoms with Crippen molar-refractivity contribution in [2.75, 3.05) is 12.4 Å². The van der Waals surface area contributed by atoms with E-state index in [0.717, 1.165) is 18.4 Å². The first-order valence-electron chi connectivity index (χ1n) is 8.71. The van der Waals surface area contributed by atoms with E-state index in [2.05, 4.69) is 10.5 Å². The standard InChI is InChI=1S/C21H18N2O4/c1-26-17-4-2-3-15(11-17)19-12-18(23-27-19)21(25)22-16-9-7-14(8-10-16)20(24)13-5-6-13/h2-4,7-13H,5-6H2,1H3,(H,22,25). The van der Waals surface area contributed by atoms with Gasteiger partial charge in [-0.15, -0.1) is 0 Å². The van der Waals surface area contributed by atoms with Crippen molar-refractivity contribution >= 4 is 17.4 Å². The van der Waals surface area contributed by atoms with Gasteiger partial charge in [-0.1, -0.05) is 17.3 Å². The number of carbonyl (C=O) groups is 2. The van der Waals surface area contributed by atoms with Crippen molar-refractivity contribution in [3.63, 3.8) is 0 Å². The molecule has 1 aliphatic rings. The van der Waals surface area contributed by atoms with E-state index in [1.165, 1.54) is 0 Å². The van der Waals surface area contributed by atoms with E-state index in [9.17, 15) is 9.59 Å². The van der Waals surface area contributed by atoms with E-state index >= 15 is 0 Å². The molecule has 1 aliphatic carbocycles. The Balaban J connectivity index is 1.45. The third-order valence-corrected chi connectivity index (χ3v) is 4.47. The maximum absolute atomic E-state index is 12.4. The Morgan fingerprint density at radius 2 is 1.89 bits per heavy atom. The summed E-state index contributed by atoms with van der Waals surface area (Å²) in [7, 11) is 1.59. The van der Waals surface area contributed by atoms with E-state index < -0.39 is 0 Å². The van der Waals surface area contributed by atoms with Gasteiger partial charge < -0.3 is 14.6 Å². The summed E-state index contributed by atoms with van der Waals surface area (Å²) in [5.41, 5.74) is 2.21. The summed E-state index contributed by atoms with van der Waals surface area (Å²) < 4.78 is 10.5. The molecular formula is C21H18N2O4. The van der Waals surface area contributed by atoms with Crippen LogP contribution in [0.15, 0.2) is 59.1 Å². The zero-order chi connectivity index (χ0) is 18.8. The van der Waals surface area contributed by atoms with Gasteiger partial charge in [0.15, 0.2) is 17.2 Å². The van der Waals surface area contributed by atoms with Gasteiger partial charge in [-0.3, -0.25) is 9.59 Å². The number of ketones is 1. The van der Waals surface area contributed by atoms with Crippen LogP contribution < -0.4 is 10.1 Å². The number of benzene rings is 2. The molecule has 6 nitrogen and oxygen atoms in total. The average Bonchev–Trinajstić information content (AvgIpc) is 3.44. The van der Waals surface area contributed by atoms with Gasteiger partial charge in [0, 0.05) is 28.8 Å². The number of nitrogens with zero attached hydrogens (tertiary/aromatic N) is 1. The molecule has 136 valence electrons. The molecule has 0 atom stereocenters. The van der Waals surface area contributed by atoms with Crippen molar-refractivity contribution in [2.24, 2.45) is 5.92 Å². The number of carbonyl (C=O) groups excluding carboxylic acids is 2. The van der Waals surface area contributed by atoms with Gasteiger partial charge in [0.05, 0.1) is 7.11 Å². The predicted octanol–water partition coefficient (Wildman–Crippen LogP) is 4.20. The van der Waals surface area contributed by atoms with Crippen molar-refractivity contribution in [1.82, 2.24) is 5.16 Å². The van der Waals surface area contributed by atoms with Crippen LogP contribution in [-0.2, 0) is 0 Å². The molecule has 0 radical (unpaired) electrons. The maximum atomic E-state index is 12.4. The minimum atomic E-state index is -0.380. The Kier molecular flexibility index (Phi) is 4.46. The van der Waals surface area contributed by atoms with Crippen LogP contribution in [0.25, 0.3) is 11.3 Å². The van der Waals surface area contributed by atoms with Crippen molar-refractivity contribution in [1.29, 1.82) is 0 Å². The fourth-order valence-corrected chi connectivity index (χ4v) is 2.79. The van der Waals surface area contributed by atoms with E-state index in [4.69, 9.17) is 9.26 Å². The third-order valence-electron chi connectivity index (χ3n) is 4.47. The van der Waals surface area contributed by atoms with Crippen LogP contribution in [0.4, 0.5) is 5.69 Å². The first-order chi connectivity index (χ1) is 13.1. The molecule has 0 saturated heterocycles. The van der Waals surface area contributed by atoms with Crippen LogP contribution in [0.2, 0.25) is 0 Å². The minimum absolute atomic E-state index is 0.172. The number of ether oxygens (including phenoxy) is 1. The lowest BCUT2D eigenvalue weighted by atomic mass is 10.1. The predicted molar refractivity (Wildman–Crippen MR) is 99.9 cm³/mol. The number of anilines is 1. The molecule has 1 fully saturated rings. The van der Waals surface area contributed by atoms with Gasteiger partial charge in [-0.25, -0.2) is 0 Å². The second kappa shape index (κ2) is 7.07. The Bertz CT molecular complexity index is 987. The second-order valence-electron chi connectivity index (χ2n) is 6.48. The molecule has 6 heteroatoms. The van der Waals surface area contributed by atoms with Crippen LogP contribution in [0.5, 0.6) is 5.75 Å². The summed E-state index contributed by atoms with van der Waals surface area (Å²) in [4.78, 5) is 24.4. The number of aromatic nitrogens is 1. The van der Waals surface area contributed by atoms with Crippen LogP contribution >= 0.6 is 0 Å². The summed E-state index contributed by atoms with van der Waals surface area (Å²) in [6.45, 7) is 0. The third kappa shape index (κ3) is 3.74. The van der Waals surface area contributed by atoms with Crippen LogP contribution in [0, 0.1) is 5.92 Å². The number of Topliss-reactive ketones (excluding diaryl/α,β-unsaturated/α-hetero) is 1. The highest BCUT2D eigenvalue weighted by Gasteiger charge is 2.30. The zero-order valence-electron chi connectivity index (χ0n) is 14.8. The molecule has 0 aliphatic heterocycles. The molecule has 3 aromatic rings. The van der Waals surface area contributed by atoms with Gasteiger partial charge in [-0.2, -0.15) is 0 Å². The highest BCUT2D eigenvalue weighted by atomic mass is 16.5. The van der Waals surface area contributed by atoms with E-state index in [-0.39, 0.29) is 23.3 Å². The van der Waals surface area contributed by atoms with Crippen LogP contribution in [-0.4, -0.2) is 24.0 Å². The Morgan fingerprint density at radius 3 is 2.59 bits per heavy atom. The molecule has 2 aromatic carbocycles. The lowest BCUT2D eigenvalue weighted by molar-refractivity contribution is 0.0966. The summed E-state index contributed by atoms with van der Waals surface area (Å²) >= 11 is 0. The summed E-state index contributed by atoms with van der Waals surface area (Å²) in [6, 6.07) is 15.8. The maximum Gasteiger partial charge on any atom is 0.277 e. The largest absolute Gasteiger partial charge is 0.497 e. The average molecular weight is 362 g/mol. The molecule has 1 aromatic heterocycles. The Hall–Kier alpha value is -3.41. The number of rotatable bonds is 6. The summed E-state index contributed by atoms with van der Waals surface area (Å²) in [6.07, 6.45) is 1.94. The van der Waals surface area contributed by atoms with Crippen molar-refractivity contribution in [2.45, 2.75) is 12.8 Å². The molecule has 1 N–H and O–H groups in total. The van der Waals surface area contributed by atoms with Crippen molar-refractivity contribution in [3.05, 3.63) is 65.9 Å². The number of methoxy groups -OCH3 is 1. The minimum Gasteiger partial charge on any atom is -0.497 e. The van der Waals surface area contributed by atoms with Gasteiger partial charge in [0.1, 0.15) is 5.75 Å². The second-order valence-corrected chi connectivity index (χ2v) is 6.48. The number of hydrogen-bond donors (Lipinski definition) is 1. The molecule has 1 saturated carbocycles. The molecule has 0 bridgehead atoms. The van der Waals surface area contributed by atoms with Gasteiger partial charge in [-0.05, 0) is 49.2 Å². The molecule has 1 heterocycles. The zero-order valence-corrected chi connectivity index (χ0v) is 14.8. The SMILES string of the molecule is COc1cccc(-c2cc(C(=O)Nc3ccc(C(=O)C4CC4)cc3)no2)c1. The van der Waals surface area contributed by atoms with E-state index in [0.29, 0.717) is 22.8 Å². The fraction of sp³-hybridized carbons (Fsp3) is 0.190. The fourth-order valence-electron chi connectivity index (χ4n) is 2.79. The molecule has 1 amide bonds. The molecule has 0 spiro atoms. The molecule has 4 rings (SSSR count). The van der Waals surface area contributed by atoms with Crippen LogP contribution in [0.3, 0.4) is 0 Å². The monoisotopic (exact) mass is 362 g/mol. The van der Waals surface area contributed by atoms with Gasteiger partial charge >= 0.3 is 0 Å². The molecule has 27 heavy (non-hydrogen) atoms.